The number of phenolic OH excluding ortho intramolecular Hbond substituents is 1. The van der Waals surface area contributed by atoms with Gasteiger partial charge in [-0.1, -0.05) is 80.9 Å². The van der Waals surface area contributed by atoms with Crippen LogP contribution in [0.1, 0.15) is 74.8 Å². The van der Waals surface area contributed by atoms with Gasteiger partial charge in [0, 0.05) is 61.2 Å². The Bertz CT molecular complexity index is 3090. The lowest BCUT2D eigenvalue weighted by molar-refractivity contribution is -0.135. The minimum Gasteiger partial charge on any atom is -0.508 e. The first-order chi connectivity index (χ1) is 41.6. The number of hydrogen-bond acceptors (Lipinski definition) is 15. The van der Waals surface area contributed by atoms with Gasteiger partial charge in [0.05, 0.1) is 18.9 Å². The van der Waals surface area contributed by atoms with Gasteiger partial charge in [-0.2, -0.15) is 11.8 Å². The summed E-state index contributed by atoms with van der Waals surface area (Å²) < 4.78 is 0. The Morgan fingerprint density at radius 2 is 1.20 bits per heavy atom. The molecule has 21 N–H and O–H groups in total. The van der Waals surface area contributed by atoms with Gasteiger partial charge in [-0.25, -0.2) is 4.98 Å². The van der Waals surface area contributed by atoms with Crippen LogP contribution >= 0.6 is 11.8 Å². The molecule has 0 spiro atoms. The van der Waals surface area contributed by atoms with E-state index in [1.807, 2.05) is 24.3 Å². The van der Waals surface area contributed by atoms with Crippen molar-refractivity contribution in [2.45, 2.75) is 126 Å². The van der Waals surface area contributed by atoms with E-state index in [-0.39, 0.29) is 63.2 Å². The maximum atomic E-state index is 14.6. The van der Waals surface area contributed by atoms with E-state index in [0.717, 1.165) is 10.9 Å². The number of carbonyl (C=O) groups excluding carboxylic acids is 9. The molecule has 28 heteroatoms. The molecular formula is C59H83N17O10S. The van der Waals surface area contributed by atoms with Crippen molar-refractivity contribution in [3.63, 3.8) is 0 Å². The van der Waals surface area contributed by atoms with E-state index in [0.29, 0.717) is 53.9 Å². The number of H-pyrrole nitrogens is 2. The smallest absolute Gasteiger partial charge is 0.243 e. The second kappa shape index (κ2) is 35.4. The van der Waals surface area contributed by atoms with Gasteiger partial charge in [0.1, 0.15) is 48.0 Å². The van der Waals surface area contributed by atoms with E-state index >= 15 is 0 Å². The van der Waals surface area contributed by atoms with Gasteiger partial charge in [0.2, 0.25) is 53.2 Å². The van der Waals surface area contributed by atoms with Crippen LogP contribution in [-0.2, 0) is 68.8 Å². The van der Waals surface area contributed by atoms with Crippen molar-refractivity contribution in [2.24, 2.45) is 39.6 Å². The molecule has 0 aliphatic carbocycles. The Balaban J connectivity index is 1.30. The molecule has 0 radical (unpaired) electrons. The number of fused-ring (bicyclic) bond motifs is 1. The van der Waals surface area contributed by atoms with E-state index in [1.165, 1.54) is 36.4 Å². The number of para-hydroxylation sites is 1. The summed E-state index contributed by atoms with van der Waals surface area (Å²) in [6.45, 7) is 3.20. The predicted octanol–water partition coefficient (Wildman–Crippen LogP) is -1.22. The maximum absolute atomic E-state index is 14.6. The minimum absolute atomic E-state index is 0.00456. The van der Waals surface area contributed by atoms with Gasteiger partial charge in [0.15, 0.2) is 5.96 Å². The number of thioether (sulfide) groups is 1. The van der Waals surface area contributed by atoms with Crippen LogP contribution in [0.15, 0.2) is 103 Å². The molecule has 9 amide bonds. The zero-order valence-electron chi connectivity index (χ0n) is 49.1. The number of amides is 9. The predicted molar refractivity (Wildman–Crippen MR) is 331 cm³/mol. The van der Waals surface area contributed by atoms with Crippen molar-refractivity contribution in [2.75, 3.05) is 31.6 Å². The second-order valence-corrected chi connectivity index (χ2v) is 22.3. The Hall–Kier alpha value is -9.02. The van der Waals surface area contributed by atoms with E-state index in [9.17, 15) is 48.3 Å². The lowest BCUT2D eigenvalue weighted by Crippen LogP contribution is -2.60. The largest absolute Gasteiger partial charge is 0.508 e. The number of phenols is 1. The van der Waals surface area contributed by atoms with Gasteiger partial charge < -0.3 is 86.3 Å². The molecule has 5 rings (SSSR count). The zero-order chi connectivity index (χ0) is 63.4. The van der Waals surface area contributed by atoms with Crippen LogP contribution in [0.3, 0.4) is 0 Å². The Morgan fingerprint density at radius 3 is 1.83 bits per heavy atom. The highest BCUT2D eigenvalue weighted by atomic mass is 32.2. The summed E-state index contributed by atoms with van der Waals surface area (Å²) >= 11 is 1.39. The van der Waals surface area contributed by atoms with Crippen LogP contribution < -0.4 is 71.2 Å². The number of aliphatic imine (C=N–C) groups is 1. The number of nitrogens with zero attached hydrogens (tertiary/aromatic N) is 2. The summed E-state index contributed by atoms with van der Waals surface area (Å²) in [5.74, 6) is -7.15. The second-order valence-electron chi connectivity index (χ2n) is 21.3. The Labute approximate surface area is 508 Å². The fourth-order valence-corrected chi connectivity index (χ4v) is 9.77. The normalized spacial score (nSPS) is 13.9. The third-order valence-corrected chi connectivity index (χ3v) is 14.8. The number of aromatic amines is 2. The Kier molecular flexibility index (Phi) is 28.0. The summed E-state index contributed by atoms with van der Waals surface area (Å²) in [6.07, 6.45) is 7.92. The van der Waals surface area contributed by atoms with E-state index in [2.05, 4.69) is 62.5 Å². The Morgan fingerprint density at radius 1 is 0.609 bits per heavy atom. The summed E-state index contributed by atoms with van der Waals surface area (Å²) in [7, 11) is 0. The van der Waals surface area contributed by atoms with Crippen LogP contribution in [0.25, 0.3) is 10.9 Å². The molecule has 2 heterocycles. The molecule has 3 aromatic carbocycles. The van der Waals surface area contributed by atoms with Crippen molar-refractivity contribution < 1.29 is 48.3 Å². The highest BCUT2D eigenvalue weighted by Crippen LogP contribution is 2.20. The van der Waals surface area contributed by atoms with Crippen LogP contribution in [0.5, 0.6) is 5.75 Å². The number of unbranched alkanes of at least 4 members (excludes halogenated alkanes) is 1. The number of rotatable bonds is 37. The van der Waals surface area contributed by atoms with Crippen molar-refractivity contribution in [3.8, 4) is 5.75 Å². The van der Waals surface area contributed by atoms with E-state index in [4.69, 9.17) is 28.7 Å². The fourth-order valence-electron chi connectivity index (χ4n) is 9.30. The van der Waals surface area contributed by atoms with Crippen molar-refractivity contribution in [1.82, 2.24) is 57.5 Å². The SMILES string of the molecule is CSCC[C@H](NC(=O)[C@@H](NC(=O)[C@H](Cc1ccc(O)cc1)NC(=O)[C@@H](N)CCCCN)C(C)C)C(=O)NCC(=O)N[C@@H](Cc1cnc[nH]1)C(=O)N[C@@H](Cc1ccccc1)C(=O)N[C@@H](CCCN=C(N)N)C(=O)N[C@@H](Cc1c[nH]c2ccccc12)C(N)=O. The average molecular weight is 1220 g/mol. The molecule has 470 valence electrons. The van der Waals surface area contributed by atoms with Crippen LogP contribution in [-0.4, -0.2) is 159 Å². The number of imidazole rings is 1. The molecule has 0 unspecified atom stereocenters. The lowest BCUT2D eigenvalue weighted by atomic mass is 10.00. The molecule has 0 saturated carbocycles. The summed E-state index contributed by atoms with van der Waals surface area (Å²) in [6, 6.07) is 12.3. The quantitative estimate of drug-likeness (QED) is 0.0126. The zero-order valence-corrected chi connectivity index (χ0v) is 50.0. The van der Waals surface area contributed by atoms with Crippen molar-refractivity contribution in [3.05, 3.63) is 120 Å². The molecule has 87 heavy (non-hydrogen) atoms. The first kappa shape index (κ1) is 68.8. The van der Waals surface area contributed by atoms with Crippen LogP contribution in [0, 0.1) is 5.92 Å². The lowest BCUT2D eigenvalue weighted by Gasteiger charge is -2.28. The van der Waals surface area contributed by atoms with Crippen LogP contribution in [0.2, 0.25) is 0 Å². The monoisotopic (exact) mass is 1220 g/mol. The third kappa shape index (κ3) is 23.1. The fraction of sp³-hybridized carbons (Fsp3) is 0.441. The molecule has 0 fully saturated rings. The van der Waals surface area contributed by atoms with Gasteiger partial charge in [-0.05, 0) is 91.5 Å². The molecule has 8 atom stereocenters. The first-order valence-corrected chi connectivity index (χ1v) is 30.1. The summed E-state index contributed by atoms with van der Waals surface area (Å²) in [5, 5.41) is 32.2. The molecule has 0 bridgehead atoms. The number of carbonyl (C=O) groups is 9. The van der Waals surface area contributed by atoms with Gasteiger partial charge in [-0.15, -0.1) is 0 Å². The topological polar surface area (TPSA) is 457 Å². The number of nitrogens with one attached hydrogen (secondary N) is 10. The molecule has 0 aliphatic heterocycles. The standard InChI is InChI=1S/C59H83N17O10S/c1-34(2)50(76-57(85)47(27-36-18-20-39(77)21-19-36)74-52(80)41(61)15-9-10-23-60)58(86)72-44(22-25-87-3)53(81)68-32-49(78)70-48(29-38-31-65-33-69-38)56(84)75-46(26-35-12-5-4-6-13-35)55(83)71-43(17-11-24-66-59(63)64)54(82)73-45(51(62)79)28-37-30-67-42-16-8-7-14-40(37)42/h4-8,12-14,16,18-21,30-31,33-34,41,43-48,50,67,77H,9-11,15,17,22-29,32,60-61H2,1-3H3,(H2,62,79)(H,65,69)(H,68,81)(H,70,78)(H,71,83)(H,72,86)(H,73,82)(H,74,80)(H,75,84)(H,76,85)(H4,63,64,66)/t41-,43-,44-,45-,46-,47-,48-,50-/m0/s1. The third-order valence-electron chi connectivity index (χ3n) is 14.1. The molecule has 5 aromatic rings. The van der Waals surface area contributed by atoms with Crippen LogP contribution in [0.4, 0.5) is 0 Å². The summed E-state index contributed by atoms with van der Waals surface area (Å²) in [4.78, 5) is 139. The number of guanidine groups is 1. The highest BCUT2D eigenvalue weighted by Gasteiger charge is 2.35. The van der Waals surface area contributed by atoms with Crippen molar-refractivity contribution >= 4 is 81.8 Å². The van der Waals surface area contributed by atoms with E-state index in [1.54, 1.807) is 68.8 Å². The number of primary amides is 1. The number of nitrogens with two attached hydrogens (primary N) is 5. The minimum atomic E-state index is -1.39. The molecule has 0 aliphatic rings. The maximum Gasteiger partial charge on any atom is 0.243 e. The average Bonchev–Trinajstić information content (AvgIpc) is 4.40. The van der Waals surface area contributed by atoms with E-state index < -0.39 is 114 Å². The molecule has 2 aromatic heterocycles. The molecular weight excluding hydrogens is 1140 g/mol. The number of aromatic hydroxyl groups is 1. The number of aromatic nitrogens is 3. The molecule has 27 nitrogen and oxygen atoms in total. The first-order valence-electron chi connectivity index (χ1n) is 28.7. The highest BCUT2D eigenvalue weighted by molar-refractivity contribution is 7.98. The number of hydrogen-bond donors (Lipinski definition) is 16. The summed E-state index contributed by atoms with van der Waals surface area (Å²) in [5.41, 5.74) is 31.9. The van der Waals surface area contributed by atoms with Gasteiger partial charge in [0.25, 0.3) is 0 Å². The van der Waals surface area contributed by atoms with Crippen molar-refractivity contribution in [1.29, 1.82) is 0 Å². The van der Waals surface area contributed by atoms with Gasteiger partial charge in [-0.3, -0.25) is 48.1 Å². The molecule has 0 saturated heterocycles. The van der Waals surface area contributed by atoms with Gasteiger partial charge >= 0.3 is 0 Å². The number of benzene rings is 3.